The van der Waals surface area contributed by atoms with Gasteiger partial charge in [-0.15, -0.1) is 0 Å². The normalized spacial score (nSPS) is 31.5. The predicted molar refractivity (Wildman–Crippen MR) is 233 cm³/mol. The number of amides is 5. The minimum absolute atomic E-state index is 0.0388. The Kier molecular flexibility index (Phi) is 12.5. The van der Waals surface area contributed by atoms with E-state index in [-0.39, 0.29) is 60.8 Å². The Hall–Kier alpha value is -5.88. The zero-order valence-electron chi connectivity index (χ0n) is 37.4. The van der Waals surface area contributed by atoms with E-state index in [0.29, 0.717) is 36.1 Å². The second-order valence-electron chi connectivity index (χ2n) is 18.9. The first kappa shape index (κ1) is 46.6. The summed E-state index contributed by atoms with van der Waals surface area (Å²) in [7, 11) is 0. The molecule has 0 radical (unpaired) electrons. The number of aliphatic hydroxyl groups is 2. The van der Waals surface area contributed by atoms with Gasteiger partial charge in [0.2, 0.25) is 17.7 Å². The highest BCUT2D eigenvalue weighted by molar-refractivity contribution is 6.13. The van der Waals surface area contributed by atoms with Gasteiger partial charge in [-0.2, -0.15) is 0 Å². The van der Waals surface area contributed by atoms with E-state index in [9.17, 15) is 43.8 Å². The lowest BCUT2D eigenvalue weighted by molar-refractivity contribution is -0.201. The number of benzene rings is 2. The number of ether oxygens (including phenoxy) is 3. The maximum atomic E-state index is 16.7. The van der Waals surface area contributed by atoms with Crippen LogP contribution in [0.15, 0.2) is 72.4 Å². The van der Waals surface area contributed by atoms with Crippen molar-refractivity contribution >= 4 is 46.8 Å². The SMILES string of the molecule is Cc1ccc(OCc2cccc(NC(=O)[C@H](C)NC(=O)[C@H](C)NC(=O)CCN3C(=O)C=CC3=O)c2)c(F)c1[C@@H]1O[C@@H]2C[C@H]3[C@@H]4CCC5=CC(=O)C=C[C@]5(C)[C@H]4[C@@H](O)C[C@]3(C)[C@]2(C(=O)CO)O1. The Morgan fingerprint density at radius 1 is 1.00 bits per heavy atom. The minimum Gasteiger partial charge on any atom is -0.486 e. The fraction of sp³-hybridized carbons (Fsp3) is 0.490. The van der Waals surface area contributed by atoms with Gasteiger partial charge in [-0.05, 0) is 99.8 Å². The number of nitrogens with one attached hydrogen (secondary N) is 3. The van der Waals surface area contributed by atoms with Crippen LogP contribution in [0.1, 0.15) is 82.8 Å². The molecule has 17 heteroatoms. The molecule has 16 nitrogen and oxygen atoms in total. The number of halogens is 1. The lowest BCUT2D eigenvalue weighted by Crippen LogP contribution is -2.63. The number of allylic oxidation sites excluding steroid dienone is 4. The summed E-state index contributed by atoms with van der Waals surface area (Å²) < 4.78 is 35.9. The van der Waals surface area contributed by atoms with Crippen LogP contribution in [0, 0.1) is 41.3 Å². The number of rotatable bonds is 14. The molecule has 1 saturated heterocycles. The van der Waals surface area contributed by atoms with Crippen molar-refractivity contribution in [2.24, 2.45) is 28.6 Å². The highest BCUT2D eigenvalue weighted by atomic mass is 19.1. The summed E-state index contributed by atoms with van der Waals surface area (Å²) in [5.41, 5.74) is -0.745. The van der Waals surface area contributed by atoms with E-state index in [1.54, 1.807) is 49.4 Å². The first-order chi connectivity index (χ1) is 31.3. The summed E-state index contributed by atoms with van der Waals surface area (Å²) in [6.07, 6.45) is 6.06. The predicted octanol–water partition coefficient (Wildman–Crippen LogP) is 3.58. The zero-order valence-corrected chi connectivity index (χ0v) is 37.4. The van der Waals surface area contributed by atoms with Crippen LogP contribution in [0.4, 0.5) is 10.1 Å². The molecule has 350 valence electrons. The number of ketones is 2. The van der Waals surface area contributed by atoms with Crippen molar-refractivity contribution in [3.63, 3.8) is 0 Å². The smallest absolute Gasteiger partial charge is 0.253 e. The number of hydrogen-bond donors (Lipinski definition) is 5. The second-order valence-corrected chi connectivity index (χ2v) is 18.9. The quantitative estimate of drug-likeness (QED) is 0.172. The lowest BCUT2D eigenvalue weighted by atomic mass is 9.46. The van der Waals surface area contributed by atoms with Gasteiger partial charge in [-0.25, -0.2) is 4.39 Å². The molecule has 4 fully saturated rings. The van der Waals surface area contributed by atoms with Crippen molar-refractivity contribution in [1.29, 1.82) is 0 Å². The Balaban J connectivity index is 0.901. The van der Waals surface area contributed by atoms with Gasteiger partial charge in [-0.1, -0.05) is 43.7 Å². The molecule has 2 heterocycles. The van der Waals surface area contributed by atoms with E-state index >= 15 is 4.39 Å². The van der Waals surface area contributed by atoms with E-state index in [2.05, 4.69) is 22.9 Å². The van der Waals surface area contributed by atoms with Crippen LogP contribution in [0.25, 0.3) is 0 Å². The average molecular weight is 911 g/mol. The highest BCUT2D eigenvalue weighted by Gasteiger charge is 2.76. The summed E-state index contributed by atoms with van der Waals surface area (Å²) in [6, 6.07) is 7.70. The maximum Gasteiger partial charge on any atom is 0.253 e. The molecule has 0 spiro atoms. The van der Waals surface area contributed by atoms with Crippen LogP contribution < -0.4 is 20.7 Å². The van der Waals surface area contributed by atoms with Crippen molar-refractivity contribution < 1.29 is 62.4 Å². The van der Waals surface area contributed by atoms with Crippen LogP contribution in [0.2, 0.25) is 0 Å². The van der Waals surface area contributed by atoms with E-state index in [1.165, 1.54) is 19.9 Å². The molecule has 5 N–H and O–H groups in total. The largest absolute Gasteiger partial charge is 0.486 e. The van der Waals surface area contributed by atoms with Gasteiger partial charge in [0, 0.05) is 47.6 Å². The number of nitrogens with zero attached hydrogens (tertiary/aromatic N) is 1. The van der Waals surface area contributed by atoms with E-state index in [0.717, 1.165) is 22.6 Å². The van der Waals surface area contributed by atoms with E-state index < -0.39 is 94.8 Å². The third-order valence-corrected chi connectivity index (χ3v) is 15.0. The number of hydrogen-bond acceptors (Lipinski definition) is 12. The molecule has 11 atom stereocenters. The molecule has 2 aromatic carbocycles. The minimum atomic E-state index is -1.67. The van der Waals surface area contributed by atoms with Crippen LogP contribution in [0.3, 0.4) is 0 Å². The molecule has 0 aromatic heterocycles. The summed E-state index contributed by atoms with van der Waals surface area (Å²) in [6.45, 7) is 7.46. The Morgan fingerprint density at radius 3 is 2.45 bits per heavy atom. The highest BCUT2D eigenvalue weighted by Crippen LogP contribution is 2.70. The van der Waals surface area contributed by atoms with Crippen molar-refractivity contribution in [3.8, 4) is 5.75 Å². The first-order valence-electron chi connectivity index (χ1n) is 22.4. The number of carbonyl (C=O) groups is 7. The molecule has 4 aliphatic carbocycles. The number of Topliss-reactive ketones (excluding diaryl/α,β-unsaturated/α-hetero) is 1. The molecule has 3 saturated carbocycles. The van der Waals surface area contributed by atoms with E-state index in [1.807, 2.05) is 13.0 Å². The van der Waals surface area contributed by atoms with Gasteiger partial charge in [0.05, 0.1) is 17.8 Å². The molecule has 2 aromatic rings. The Labute approximate surface area is 381 Å². The fourth-order valence-corrected chi connectivity index (χ4v) is 11.7. The summed E-state index contributed by atoms with van der Waals surface area (Å²) in [4.78, 5) is 89.0. The average Bonchev–Trinajstić information content (AvgIpc) is 3.89. The van der Waals surface area contributed by atoms with Crippen molar-refractivity contribution in [2.75, 3.05) is 18.5 Å². The molecular formula is C49H55FN4O12. The maximum absolute atomic E-state index is 16.7. The number of aliphatic hydroxyl groups excluding tert-OH is 2. The van der Waals surface area contributed by atoms with Crippen molar-refractivity contribution in [1.82, 2.24) is 15.5 Å². The molecule has 66 heavy (non-hydrogen) atoms. The number of carbonyl (C=O) groups excluding carboxylic acids is 7. The van der Waals surface area contributed by atoms with Gasteiger partial charge >= 0.3 is 0 Å². The third-order valence-electron chi connectivity index (χ3n) is 15.0. The molecular weight excluding hydrogens is 856 g/mol. The molecule has 6 aliphatic rings. The first-order valence-corrected chi connectivity index (χ1v) is 22.4. The lowest BCUT2D eigenvalue weighted by Gasteiger charge is -2.59. The second kappa shape index (κ2) is 17.7. The number of anilines is 1. The Morgan fingerprint density at radius 2 is 1.73 bits per heavy atom. The molecule has 0 bridgehead atoms. The fourth-order valence-electron chi connectivity index (χ4n) is 11.7. The van der Waals surface area contributed by atoms with Crippen molar-refractivity contribution in [3.05, 3.63) is 94.9 Å². The number of fused-ring (bicyclic) bond motifs is 7. The van der Waals surface area contributed by atoms with Crippen LogP contribution in [-0.2, 0) is 49.6 Å². The number of imide groups is 1. The van der Waals surface area contributed by atoms with Gasteiger partial charge in [0.25, 0.3) is 11.8 Å². The van der Waals surface area contributed by atoms with Crippen LogP contribution in [-0.4, -0.2) is 99.3 Å². The van der Waals surface area contributed by atoms with Gasteiger partial charge in [0.1, 0.15) is 25.3 Å². The standard InChI is InChI=1S/C49H55FN4O12/c1-25-9-12-35(64-24-28-7-6-8-30(19-28)53-45(63)27(3)52-44(62)26(2)51-38(59)16-18-54-39(60)13-14-40(54)61)43(50)41(25)46-65-37-21-33-32-11-10-29-20-31(56)15-17-47(29,4)42(32)34(57)22-48(33,5)49(37,66-46)36(58)23-55/h6-9,12-15,17,19-20,26-27,32-34,37,42,46,55,57H,10-11,16,18,21-24H2,1-5H3,(H,51,59)(H,52,62)(H,53,63)/t26-,27-,32-,33-,34-,37+,42+,46+,47-,48-,49+/m0/s1. The topological polar surface area (TPSA) is 227 Å². The summed E-state index contributed by atoms with van der Waals surface area (Å²) in [5, 5.41) is 30.2. The number of aryl methyl sites for hydroxylation is 1. The molecule has 2 aliphatic heterocycles. The zero-order chi connectivity index (χ0) is 47.5. The molecule has 5 amide bonds. The van der Waals surface area contributed by atoms with Crippen molar-refractivity contribution in [2.45, 2.75) is 110 Å². The van der Waals surface area contributed by atoms with E-state index in [4.69, 9.17) is 14.2 Å². The van der Waals surface area contributed by atoms with Gasteiger partial charge < -0.3 is 40.4 Å². The van der Waals surface area contributed by atoms with Crippen LogP contribution in [0.5, 0.6) is 5.75 Å². The third kappa shape index (κ3) is 7.98. The molecule has 8 rings (SSSR count). The van der Waals surface area contributed by atoms with Crippen LogP contribution >= 0.6 is 0 Å². The monoisotopic (exact) mass is 910 g/mol. The van der Waals surface area contributed by atoms with Gasteiger partial charge in [0.15, 0.2) is 35.0 Å². The Bertz CT molecular complexity index is 2470. The summed E-state index contributed by atoms with van der Waals surface area (Å²) in [5.74, 6) is -4.75. The molecule has 0 unspecified atom stereocenters. The summed E-state index contributed by atoms with van der Waals surface area (Å²) >= 11 is 0. The van der Waals surface area contributed by atoms with Gasteiger partial charge in [-0.3, -0.25) is 38.5 Å².